The number of nitrogens with zero attached hydrogens (tertiary/aromatic N) is 1. The molecule has 4 heteroatoms. The number of rotatable bonds is 10. The number of aliphatic hydroxyl groups is 1. The first-order chi connectivity index (χ1) is 6.85. The molecular weight excluding hydrogens is 178 g/mol. The van der Waals surface area contributed by atoms with Gasteiger partial charge in [-0.25, -0.2) is 0 Å². The summed E-state index contributed by atoms with van der Waals surface area (Å²) in [5, 5.41) is 15.0. The van der Waals surface area contributed by atoms with Crippen LogP contribution >= 0.6 is 0 Å². The minimum Gasteiger partial charge on any atom is -0.395 e. The SMILES string of the molecule is CCN(CC)CCNCCNCCO. The van der Waals surface area contributed by atoms with Gasteiger partial charge in [-0.15, -0.1) is 0 Å². The zero-order valence-electron chi connectivity index (χ0n) is 9.55. The summed E-state index contributed by atoms with van der Waals surface area (Å²) in [7, 11) is 0. The van der Waals surface area contributed by atoms with E-state index in [4.69, 9.17) is 5.11 Å². The number of hydrogen-bond donors (Lipinski definition) is 3. The van der Waals surface area contributed by atoms with Gasteiger partial charge in [-0.3, -0.25) is 0 Å². The fraction of sp³-hybridized carbons (Fsp3) is 1.00. The molecule has 3 N–H and O–H groups in total. The van der Waals surface area contributed by atoms with Crippen LogP contribution in [-0.4, -0.2) is 62.4 Å². The Kier molecular flexibility index (Phi) is 10.8. The highest BCUT2D eigenvalue weighted by Gasteiger charge is 1.96. The summed E-state index contributed by atoms with van der Waals surface area (Å²) in [6, 6.07) is 0. The standard InChI is InChI=1S/C10H25N3O/c1-3-13(4-2)9-7-11-5-6-12-8-10-14/h11-12,14H,3-10H2,1-2H3. The van der Waals surface area contributed by atoms with Crippen LogP contribution in [-0.2, 0) is 0 Å². The van der Waals surface area contributed by atoms with Crippen LogP contribution in [0.4, 0.5) is 0 Å². The molecule has 0 fully saturated rings. The highest BCUT2D eigenvalue weighted by atomic mass is 16.3. The lowest BCUT2D eigenvalue weighted by molar-refractivity contribution is 0.290. The van der Waals surface area contributed by atoms with E-state index >= 15 is 0 Å². The second-order valence-corrected chi connectivity index (χ2v) is 3.25. The van der Waals surface area contributed by atoms with E-state index in [1.54, 1.807) is 0 Å². The van der Waals surface area contributed by atoms with Crippen molar-refractivity contribution >= 4 is 0 Å². The fourth-order valence-corrected chi connectivity index (χ4v) is 1.28. The number of nitrogens with one attached hydrogen (secondary N) is 2. The molecule has 0 aliphatic carbocycles. The molecule has 4 nitrogen and oxygen atoms in total. The van der Waals surface area contributed by atoms with Gasteiger partial charge in [0, 0.05) is 32.7 Å². The summed E-state index contributed by atoms with van der Waals surface area (Å²) in [5.74, 6) is 0. The van der Waals surface area contributed by atoms with Gasteiger partial charge in [-0.1, -0.05) is 13.8 Å². The maximum Gasteiger partial charge on any atom is 0.0555 e. The van der Waals surface area contributed by atoms with Crippen LogP contribution in [0.3, 0.4) is 0 Å². The van der Waals surface area contributed by atoms with Crippen LogP contribution in [0.15, 0.2) is 0 Å². The molecule has 0 aliphatic rings. The van der Waals surface area contributed by atoms with Gasteiger partial charge >= 0.3 is 0 Å². The second-order valence-electron chi connectivity index (χ2n) is 3.25. The van der Waals surface area contributed by atoms with E-state index in [2.05, 4.69) is 29.4 Å². The topological polar surface area (TPSA) is 47.5 Å². The molecule has 0 aromatic heterocycles. The van der Waals surface area contributed by atoms with Crippen molar-refractivity contribution in [2.45, 2.75) is 13.8 Å². The molecule has 0 rings (SSSR count). The third-order valence-electron chi connectivity index (χ3n) is 2.27. The van der Waals surface area contributed by atoms with Gasteiger partial charge in [-0.05, 0) is 13.1 Å². The second kappa shape index (κ2) is 10.9. The molecule has 86 valence electrons. The van der Waals surface area contributed by atoms with Crippen molar-refractivity contribution < 1.29 is 5.11 Å². The summed E-state index contributed by atoms with van der Waals surface area (Å²) in [4.78, 5) is 2.40. The number of aliphatic hydroxyl groups excluding tert-OH is 1. The van der Waals surface area contributed by atoms with Crippen LogP contribution in [0, 0.1) is 0 Å². The molecule has 0 aliphatic heterocycles. The smallest absolute Gasteiger partial charge is 0.0555 e. The van der Waals surface area contributed by atoms with Crippen LogP contribution in [0.2, 0.25) is 0 Å². The first-order valence-electron chi connectivity index (χ1n) is 5.59. The average Bonchev–Trinajstić information content (AvgIpc) is 2.22. The summed E-state index contributed by atoms with van der Waals surface area (Å²) in [5.41, 5.74) is 0. The van der Waals surface area contributed by atoms with Crippen molar-refractivity contribution in [3.63, 3.8) is 0 Å². The average molecular weight is 203 g/mol. The maximum absolute atomic E-state index is 8.52. The van der Waals surface area contributed by atoms with Gasteiger partial charge in [0.15, 0.2) is 0 Å². The molecule has 0 bridgehead atoms. The highest BCUT2D eigenvalue weighted by Crippen LogP contribution is 1.83. The molecule has 0 atom stereocenters. The summed E-state index contributed by atoms with van der Waals surface area (Å²) in [6.45, 7) is 11.6. The van der Waals surface area contributed by atoms with E-state index < -0.39 is 0 Å². The molecule has 0 unspecified atom stereocenters. The van der Waals surface area contributed by atoms with E-state index in [1.807, 2.05) is 0 Å². The Bertz CT molecular complexity index is 108. The number of hydrogen-bond acceptors (Lipinski definition) is 4. The van der Waals surface area contributed by atoms with E-state index in [0.29, 0.717) is 6.54 Å². The van der Waals surface area contributed by atoms with Gasteiger partial charge in [-0.2, -0.15) is 0 Å². The molecule has 0 aromatic rings. The molecule has 14 heavy (non-hydrogen) atoms. The Labute approximate surface area is 87.7 Å². The molecular formula is C10H25N3O. The van der Waals surface area contributed by atoms with E-state index in [9.17, 15) is 0 Å². The fourth-order valence-electron chi connectivity index (χ4n) is 1.28. The van der Waals surface area contributed by atoms with E-state index in [-0.39, 0.29) is 6.61 Å². The molecule has 0 heterocycles. The van der Waals surface area contributed by atoms with Crippen molar-refractivity contribution in [1.82, 2.24) is 15.5 Å². The van der Waals surface area contributed by atoms with Gasteiger partial charge < -0.3 is 20.6 Å². The Hall–Kier alpha value is -0.160. The first-order valence-corrected chi connectivity index (χ1v) is 5.59. The Morgan fingerprint density at radius 3 is 2.00 bits per heavy atom. The largest absolute Gasteiger partial charge is 0.395 e. The predicted octanol–water partition coefficient (Wildman–Crippen LogP) is -0.500. The Balaban J connectivity index is 3.04. The zero-order valence-corrected chi connectivity index (χ0v) is 9.55. The minimum absolute atomic E-state index is 0.222. The zero-order chi connectivity index (χ0) is 10.6. The molecule has 0 amide bonds. The van der Waals surface area contributed by atoms with Crippen molar-refractivity contribution in [2.24, 2.45) is 0 Å². The molecule has 0 saturated heterocycles. The van der Waals surface area contributed by atoms with Gasteiger partial charge in [0.25, 0.3) is 0 Å². The summed E-state index contributed by atoms with van der Waals surface area (Å²) < 4.78 is 0. The van der Waals surface area contributed by atoms with Gasteiger partial charge in [0.1, 0.15) is 0 Å². The molecule has 0 radical (unpaired) electrons. The highest BCUT2D eigenvalue weighted by molar-refractivity contribution is 4.56. The first kappa shape index (κ1) is 13.8. The van der Waals surface area contributed by atoms with Crippen molar-refractivity contribution in [3.8, 4) is 0 Å². The van der Waals surface area contributed by atoms with E-state index in [1.165, 1.54) is 0 Å². The molecule has 0 saturated carbocycles. The molecule has 0 spiro atoms. The third kappa shape index (κ3) is 8.44. The summed E-state index contributed by atoms with van der Waals surface area (Å²) >= 11 is 0. The van der Waals surface area contributed by atoms with Crippen LogP contribution in [0.5, 0.6) is 0 Å². The monoisotopic (exact) mass is 203 g/mol. The van der Waals surface area contributed by atoms with Crippen molar-refractivity contribution in [3.05, 3.63) is 0 Å². The van der Waals surface area contributed by atoms with Gasteiger partial charge in [0.05, 0.1) is 6.61 Å². The van der Waals surface area contributed by atoms with Crippen molar-refractivity contribution in [1.29, 1.82) is 0 Å². The predicted molar refractivity (Wildman–Crippen MR) is 60.6 cm³/mol. The van der Waals surface area contributed by atoms with Crippen LogP contribution in [0.1, 0.15) is 13.8 Å². The van der Waals surface area contributed by atoms with Crippen LogP contribution in [0.25, 0.3) is 0 Å². The Morgan fingerprint density at radius 1 is 0.929 bits per heavy atom. The lowest BCUT2D eigenvalue weighted by Gasteiger charge is -2.17. The van der Waals surface area contributed by atoms with E-state index in [0.717, 1.165) is 39.3 Å². The quantitative estimate of drug-likeness (QED) is 0.419. The lowest BCUT2D eigenvalue weighted by atomic mass is 10.4. The third-order valence-corrected chi connectivity index (χ3v) is 2.27. The molecule has 0 aromatic carbocycles. The summed E-state index contributed by atoms with van der Waals surface area (Å²) in [6.07, 6.45) is 0. The Morgan fingerprint density at radius 2 is 1.50 bits per heavy atom. The maximum atomic E-state index is 8.52. The van der Waals surface area contributed by atoms with Gasteiger partial charge in [0.2, 0.25) is 0 Å². The van der Waals surface area contributed by atoms with Crippen LogP contribution < -0.4 is 10.6 Å². The number of likely N-dealkylation sites (N-methyl/N-ethyl adjacent to an activating group) is 1. The minimum atomic E-state index is 0.222. The lowest BCUT2D eigenvalue weighted by Crippen LogP contribution is -2.35. The van der Waals surface area contributed by atoms with Crippen molar-refractivity contribution in [2.75, 3.05) is 52.4 Å². The normalized spacial score (nSPS) is 11.1.